The summed E-state index contributed by atoms with van der Waals surface area (Å²) in [4.78, 5) is 16.6. The molecule has 1 aromatic heterocycles. The van der Waals surface area contributed by atoms with Crippen LogP contribution in [0.4, 0.5) is 10.1 Å². The van der Waals surface area contributed by atoms with Gasteiger partial charge in [-0.05, 0) is 24.3 Å². The number of nitrogens with zero attached hydrogens (tertiary/aromatic N) is 2. The summed E-state index contributed by atoms with van der Waals surface area (Å²) < 4.78 is 26.0. The predicted molar refractivity (Wildman–Crippen MR) is 90.4 cm³/mol. The van der Waals surface area contributed by atoms with E-state index in [0.29, 0.717) is 30.4 Å². The summed E-state index contributed by atoms with van der Waals surface area (Å²) in [6.07, 6.45) is 2.43. The van der Waals surface area contributed by atoms with Gasteiger partial charge in [-0.15, -0.1) is 0 Å². The van der Waals surface area contributed by atoms with Crippen LogP contribution >= 0.6 is 0 Å². The molecule has 25 heavy (non-hydrogen) atoms. The monoisotopic (exact) mass is 341 g/mol. The van der Waals surface area contributed by atoms with Gasteiger partial charge in [0, 0.05) is 24.2 Å². The number of imidazole rings is 1. The molecule has 7 heteroatoms. The first-order chi connectivity index (χ1) is 12.2. The van der Waals surface area contributed by atoms with E-state index in [4.69, 9.17) is 9.47 Å². The van der Waals surface area contributed by atoms with Crippen LogP contribution in [0.3, 0.4) is 0 Å². The molecule has 0 atom stereocenters. The Labute approximate surface area is 143 Å². The van der Waals surface area contributed by atoms with Crippen molar-refractivity contribution in [3.05, 3.63) is 48.5 Å². The van der Waals surface area contributed by atoms with Crippen LogP contribution in [0.1, 0.15) is 6.42 Å². The van der Waals surface area contributed by atoms with Crippen LogP contribution in [-0.2, 0) is 11.3 Å². The van der Waals surface area contributed by atoms with Crippen LogP contribution in [0.25, 0.3) is 11.0 Å². The van der Waals surface area contributed by atoms with Gasteiger partial charge in [-0.3, -0.25) is 4.79 Å². The molecule has 0 aliphatic carbocycles. The van der Waals surface area contributed by atoms with E-state index in [2.05, 4.69) is 10.3 Å². The lowest BCUT2D eigenvalue weighted by Gasteiger charge is -2.09. The third kappa shape index (κ3) is 3.26. The van der Waals surface area contributed by atoms with Gasteiger partial charge in [0.2, 0.25) is 5.91 Å². The van der Waals surface area contributed by atoms with Crippen LogP contribution in [0.5, 0.6) is 11.5 Å². The molecular formula is C18H16FN3O3. The Bertz CT molecular complexity index is 921. The average Bonchev–Trinajstić information content (AvgIpc) is 2.83. The zero-order valence-electron chi connectivity index (χ0n) is 13.4. The first kappa shape index (κ1) is 15.4. The van der Waals surface area contributed by atoms with E-state index in [1.54, 1.807) is 10.9 Å². The van der Waals surface area contributed by atoms with Crippen molar-refractivity contribution in [1.29, 1.82) is 0 Å². The number of aromatic nitrogens is 2. The summed E-state index contributed by atoms with van der Waals surface area (Å²) in [7, 11) is 0. The number of carbonyl (C=O) groups excluding carboxylic acids is 1. The molecule has 2 heterocycles. The summed E-state index contributed by atoms with van der Waals surface area (Å²) in [6.45, 7) is 1.30. The molecule has 1 aliphatic rings. The van der Waals surface area contributed by atoms with E-state index in [0.717, 1.165) is 17.5 Å². The third-order valence-electron chi connectivity index (χ3n) is 3.93. The Morgan fingerprint density at radius 2 is 1.88 bits per heavy atom. The Morgan fingerprint density at radius 3 is 2.64 bits per heavy atom. The fourth-order valence-corrected chi connectivity index (χ4v) is 2.73. The number of hydrogen-bond acceptors (Lipinski definition) is 4. The first-order valence-corrected chi connectivity index (χ1v) is 7.99. The first-order valence-electron chi connectivity index (χ1n) is 7.99. The largest absolute Gasteiger partial charge is 0.489 e. The third-order valence-corrected chi connectivity index (χ3v) is 3.93. The molecule has 0 spiro atoms. The van der Waals surface area contributed by atoms with Crippen molar-refractivity contribution < 1.29 is 18.7 Å². The standard InChI is InChI=1S/C18H16FN3O3/c19-12-2-4-13(5-3-12)21-18(23)10-22-11-20-14-8-16-17(9-15(14)22)25-7-1-6-24-16/h2-5,8-9,11H,1,6-7,10H2,(H,21,23). The smallest absolute Gasteiger partial charge is 0.244 e. The average molecular weight is 341 g/mol. The number of amides is 1. The highest BCUT2D eigenvalue weighted by atomic mass is 19.1. The predicted octanol–water partition coefficient (Wildman–Crippen LogP) is 2.98. The summed E-state index contributed by atoms with van der Waals surface area (Å²) >= 11 is 0. The highest BCUT2D eigenvalue weighted by molar-refractivity contribution is 5.91. The molecule has 128 valence electrons. The van der Waals surface area contributed by atoms with E-state index in [1.807, 2.05) is 12.1 Å². The molecule has 1 N–H and O–H groups in total. The maximum atomic E-state index is 12.9. The zero-order chi connectivity index (χ0) is 17.2. The molecule has 0 saturated heterocycles. The number of anilines is 1. The fourth-order valence-electron chi connectivity index (χ4n) is 2.73. The molecule has 3 aromatic rings. The maximum absolute atomic E-state index is 12.9. The van der Waals surface area contributed by atoms with Crippen molar-refractivity contribution in [3.63, 3.8) is 0 Å². The highest BCUT2D eigenvalue weighted by Crippen LogP contribution is 2.33. The van der Waals surface area contributed by atoms with Crippen LogP contribution in [0.15, 0.2) is 42.7 Å². The lowest BCUT2D eigenvalue weighted by Crippen LogP contribution is -2.18. The lowest BCUT2D eigenvalue weighted by molar-refractivity contribution is -0.116. The number of carbonyl (C=O) groups is 1. The lowest BCUT2D eigenvalue weighted by atomic mass is 10.2. The molecular weight excluding hydrogens is 325 g/mol. The second-order valence-electron chi connectivity index (χ2n) is 5.77. The molecule has 0 bridgehead atoms. The van der Waals surface area contributed by atoms with Gasteiger partial charge in [-0.1, -0.05) is 0 Å². The zero-order valence-corrected chi connectivity index (χ0v) is 13.4. The number of nitrogens with one attached hydrogen (secondary N) is 1. The second-order valence-corrected chi connectivity index (χ2v) is 5.77. The summed E-state index contributed by atoms with van der Waals surface area (Å²) in [5.74, 6) is 0.760. The number of halogens is 1. The van der Waals surface area contributed by atoms with Gasteiger partial charge in [0.15, 0.2) is 11.5 Å². The molecule has 1 amide bonds. The van der Waals surface area contributed by atoms with Crippen molar-refractivity contribution in [3.8, 4) is 11.5 Å². The summed E-state index contributed by atoms with van der Waals surface area (Å²) in [5.41, 5.74) is 2.07. The minimum absolute atomic E-state index is 0.0908. The topological polar surface area (TPSA) is 65.4 Å². The number of ether oxygens (including phenoxy) is 2. The molecule has 2 aromatic carbocycles. The molecule has 0 unspecified atom stereocenters. The van der Waals surface area contributed by atoms with Crippen molar-refractivity contribution in [1.82, 2.24) is 9.55 Å². The SMILES string of the molecule is O=C(Cn1cnc2cc3c(cc21)OCCCO3)Nc1ccc(F)cc1. The van der Waals surface area contributed by atoms with Gasteiger partial charge >= 0.3 is 0 Å². The van der Waals surface area contributed by atoms with Crippen molar-refractivity contribution >= 4 is 22.6 Å². The van der Waals surface area contributed by atoms with E-state index in [-0.39, 0.29) is 18.3 Å². The minimum atomic E-state index is -0.346. The van der Waals surface area contributed by atoms with E-state index in [1.165, 1.54) is 24.3 Å². The number of hydrogen-bond donors (Lipinski definition) is 1. The van der Waals surface area contributed by atoms with Gasteiger partial charge in [0.1, 0.15) is 12.4 Å². The Morgan fingerprint density at radius 1 is 1.16 bits per heavy atom. The van der Waals surface area contributed by atoms with Crippen molar-refractivity contribution in [2.24, 2.45) is 0 Å². The van der Waals surface area contributed by atoms with Crippen LogP contribution in [0.2, 0.25) is 0 Å². The van der Waals surface area contributed by atoms with Crippen LogP contribution in [-0.4, -0.2) is 28.7 Å². The Kier molecular flexibility index (Phi) is 3.97. The molecule has 0 fully saturated rings. The summed E-state index contributed by atoms with van der Waals surface area (Å²) in [5, 5.41) is 2.73. The number of rotatable bonds is 3. The van der Waals surface area contributed by atoms with Gasteiger partial charge in [0.05, 0.1) is 30.6 Å². The maximum Gasteiger partial charge on any atom is 0.244 e. The van der Waals surface area contributed by atoms with Crippen LogP contribution in [0, 0.1) is 5.82 Å². The molecule has 6 nitrogen and oxygen atoms in total. The molecule has 4 rings (SSSR count). The van der Waals surface area contributed by atoms with Gasteiger partial charge in [0.25, 0.3) is 0 Å². The van der Waals surface area contributed by atoms with Crippen molar-refractivity contribution in [2.45, 2.75) is 13.0 Å². The quantitative estimate of drug-likeness (QED) is 0.795. The Hall–Kier alpha value is -3.09. The minimum Gasteiger partial charge on any atom is -0.489 e. The number of benzene rings is 2. The Balaban J connectivity index is 1.55. The van der Waals surface area contributed by atoms with E-state index in [9.17, 15) is 9.18 Å². The molecule has 0 saturated carbocycles. The number of fused-ring (bicyclic) bond motifs is 2. The summed E-state index contributed by atoms with van der Waals surface area (Å²) in [6, 6.07) is 9.30. The van der Waals surface area contributed by atoms with Gasteiger partial charge < -0.3 is 19.4 Å². The van der Waals surface area contributed by atoms with Crippen LogP contribution < -0.4 is 14.8 Å². The van der Waals surface area contributed by atoms with E-state index >= 15 is 0 Å². The van der Waals surface area contributed by atoms with E-state index < -0.39 is 0 Å². The normalized spacial score (nSPS) is 13.5. The second kappa shape index (κ2) is 6.43. The molecule has 1 aliphatic heterocycles. The fraction of sp³-hybridized carbons (Fsp3) is 0.222. The van der Waals surface area contributed by atoms with Crippen molar-refractivity contribution in [2.75, 3.05) is 18.5 Å². The van der Waals surface area contributed by atoms with Gasteiger partial charge in [-0.25, -0.2) is 9.37 Å². The molecule has 0 radical (unpaired) electrons. The highest BCUT2D eigenvalue weighted by Gasteiger charge is 2.15. The van der Waals surface area contributed by atoms with Gasteiger partial charge in [-0.2, -0.15) is 0 Å².